The third-order valence-electron chi connectivity index (χ3n) is 2.42. The third-order valence-corrected chi connectivity index (χ3v) is 2.42. The Morgan fingerprint density at radius 1 is 1.40 bits per heavy atom. The van der Waals surface area contributed by atoms with Crippen molar-refractivity contribution in [2.45, 2.75) is 0 Å². The molecule has 1 heterocycles. The molecule has 4 nitrogen and oxygen atoms in total. The molecule has 0 unspecified atom stereocenters. The van der Waals surface area contributed by atoms with Gasteiger partial charge in [0.1, 0.15) is 12.0 Å². The minimum Gasteiger partial charge on any atom is -0.477 e. The Morgan fingerprint density at radius 2 is 2.13 bits per heavy atom. The van der Waals surface area contributed by atoms with E-state index in [2.05, 4.69) is 0 Å². The van der Waals surface area contributed by atoms with Gasteiger partial charge < -0.3 is 9.67 Å². The number of carbonyl (C=O) groups is 2. The molecule has 0 aliphatic rings. The van der Waals surface area contributed by atoms with Crippen LogP contribution in [-0.4, -0.2) is 21.9 Å². The molecular formula is C11H9NO3. The molecule has 2 rings (SSSR count). The van der Waals surface area contributed by atoms with Crippen molar-refractivity contribution in [1.82, 2.24) is 4.57 Å². The first-order valence-electron chi connectivity index (χ1n) is 4.41. The normalized spacial score (nSPS) is 10.5. The second-order valence-corrected chi connectivity index (χ2v) is 3.33. The molecule has 1 N–H and O–H groups in total. The predicted octanol–water partition coefficient (Wildman–Crippen LogP) is 1.69. The summed E-state index contributed by atoms with van der Waals surface area (Å²) in [5.41, 5.74) is 1.51. The van der Waals surface area contributed by atoms with E-state index in [1.54, 1.807) is 35.9 Å². The zero-order valence-electron chi connectivity index (χ0n) is 8.10. The number of aromatic nitrogens is 1. The molecule has 0 atom stereocenters. The van der Waals surface area contributed by atoms with Crippen LogP contribution < -0.4 is 0 Å². The van der Waals surface area contributed by atoms with E-state index in [1.807, 2.05) is 0 Å². The van der Waals surface area contributed by atoms with E-state index in [-0.39, 0.29) is 5.69 Å². The smallest absolute Gasteiger partial charge is 0.352 e. The van der Waals surface area contributed by atoms with Crippen LogP contribution in [0.5, 0.6) is 0 Å². The maximum atomic E-state index is 10.9. The number of aromatic carboxylic acids is 1. The lowest BCUT2D eigenvalue weighted by atomic mass is 10.2. The van der Waals surface area contributed by atoms with Gasteiger partial charge in [0.05, 0.1) is 0 Å². The molecule has 0 fully saturated rings. The van der Waals surface area contributed by atoms with Crippen molar-refractivity contribution in [3.8, 4) is 0 Å². The maximum Gasteiger partial charge on any atom is 0.352 e. The van der Waals surface area contributed by atoms with Crippen molar-refractivity contribution < 1.29 is 14.7 Å². The van der Waals surface area contributed by atoms with Gasteiger partial charge in [-0.1, -0.05) is 12.1 Å². The number of carboxylic acid groups (broad SMARTS) is 1. The van der Waals surface area contributed by atoms with Crippen LogP contribution >= 0.6 is 0 Å². The summed E-state index contributed by atoms with van der Waals surface area (Å²) < 4.78 is 1.56. The highest BCUT2D eigenvalue weighted by atomic mass is 16.4. The van der Waals surface area contributed by atoms with Gasteiger partial charge in [0.25, 0.3) is 0 Å². The molecule has 2 aromatic rings. The number of hydrogen-bond donors (Lipinski definition) is 1. The molecule has 0 saturated carbocycles. The highest BCUT2D eigenvalue weighted by molar-refractivity contribution is 5.96. The van der Waals surface area contributed by atoms with Crippen molar-refractivity contribution in [1.29, 1.82) is 0 Å². The Bertz CT molecular complexity index is 554. The van der Waals surface area contributed by atoms with Gasteiger partial charge >= 0.3 is 5.97 Å². The quantitative estimate of drug-likeness (QED) is 0.755. The first-order chi connectivity index (χ1) is 7.13. The topological polar surface area (TPSA) is 59.3 Å². The van der Waals surface area contributed by atoms with Crippen LogP contribution in [0, 0.1) is 0 Å². The highest BCUT2D eigenvalue weighted by Crippen LogP contribution is 2.19. The van der Waals surface area contributed by atoms with Crippen molar-refractivity contribution in [2.24, 2.45) is 7.05 Å². The fourth-order valence-electron chi connectivity index (χ4n) is 1.63. The van der Waals surface area contributed by atoms with Gasteiger partial charge in [-0.3, -0.25) is 4.79 Å². The number of carboxylic acids is 1. The van der Waals surface area contributed by atoms with E-state index in [0.717, 1.165) is 17.2 Å². The minimum absolute atomic E-state index is 0.216. The molecule has 76 valence electrons. The molecule has 0 bridgehead atoms. The van der Waals surface area contributed by atoms with Crippen LogP contribution in [0.25, 0.3) is 10.9 Å². The zero-order chi connectivity index (χ0) is 11.0. The van der Waals surface area contributed by atoms with Crippen molar-refractivity contribution in [3.05, 3.63) is 35.5 Å². The third kappa shape index (κ3) is 1.40. The second kappa shape index (κ2) is 3.24. The number of aryl methyl sites for hydroxylation is 1. The van der Waals surface area contributed by atoms with E-state index in [9.17, 15) is 9.59 Å². The van der Waals surface area contributed by atoms with Crippen LogP contribution in [0.2, 0.25) is 0 Å². The number of rotatable bonds is 2. The van der Waals surface area contributed by atoms with Crippen LogP contribution in [0.3, 0.4) is 0 Å². The summed E-state index contributed by atoms with van der Waals surface area (Å²) in [5, 5.41) is 9.72. The average molecular weight is 203 g/mol. The van der Waals surface area contributed by atoms with Crippen LogP contribution in [-0.2, 0) is 7.05 Å². The summed E-state index contributed by atoms with van der Waals surface area (Å²) in [6.45, 7) is 0. The lowest BCUT2D eigenvalue weighted by Gasteiger charge is -1.99. The molecule has 0 radical (unpaired) electrons. The number of fused-ring (bicyclic) bond motifs is 1. The molecule has 15 heavy (non-hydrogen) atoms. The molecule has 0 amide bonds. The van der Waals surface area contributed by atoms with E-state index in [1.165, 1.54) is 0 Å². The minimum atomic E-state index is -0.971. The molecule has 0 spiro atoms. The number of aldehydes is 1. The first-order valence-corrected chi connectivity index (χ1v) is 4.41. The standard InChI is InChI=1S/C11H9NO3/c1-12-9-4-7(6-13)2-3-8(9)5-10(12)11(14)15/h2-6H,1H3,(H,14,15). The molecule has 0 aliphatic carbocycles. The summed E-state index contributed by atoms with van der Waals surface area (Å²) in [4.78, 5) is 21.4. The summed E-state index contributed by atoms with van der Waals surface area (Å²) >= 11 is 0. The van der Waals surface area contributed by atoms with Crippen molar-refractivity contribution >= 4 is 23.2 Å². The van der Waals surface area contributed by atoms with Gasteiger partial charge in [-0.2, -0.15) is 0 Å². The second-order valence-electron chi connectivity index (χ2n) is 3.33. The summed E-state index contributed by atoms with van der Waals surface area (Å²) in [7, 11) is 1.67. The fourth-order valence-corrected chi connectivity index (χ4v) is 1.63. The Morgan fingerprint density at radius 3 is 2.73 bits per heavy atom. The molecule has 1 aromatic carbocycles. The van der Waals surface area contributed by atoms with Gasteiger partial charge in [0, 0.05) is 23.5 Å². The zero-order valence-corrected chi connectivity index (χ0v) is 8.10. The molecular weight excluding hydrogens is 194 g/mol. The van der Waals surface area contributed by atoms with Crippen LogP contribution in [0.15, 0.2) is 24.3 Å². The summed E-state index contributed by atoms with van der Waals surface area (Å²) in [5.74, 6) is -0.971. The summed E-state index contributed by atoms with van der Waals surface area (Å²) in [6.07, 6.45) is 0.743. The lowest BCUT2D eigenvalue weighted by molar-refractivity contribution is 0.0687. The lowest BCUT2D eigenvalue weighted by Crippen LogP contribution is -2.03. The van der Waals surface area contributed by atoms with E-state index in [0.29, 0.717) is 5.56 Å². The number of carbonyl (C=O) groups excluding carboxylic acids is 1. The SMILES string of the molecule is Cn1c(C(=O)O)cc2ccc(C=O)cc21. The predicted molar refractivity (Wildman–Crippen MR) is 55.3 cm³/mol. The number of hydrogen-bond acceptors (Lipinski definition) is 2. The Balaban J connectivity index is 2.77. The van der Waals surface area contributed by atoms with Gasteiger partial charge in [-0.05, 0) is 12.1 Å². The average Bonchev–Trinajstić information content (AvgIpc) is 2.56. The van der Waals surface area contributed by atoms with E-state index in [4.69, 9.17) is 5.11 Å². The first kappa shape index (κ1) is 9.45. The number of nitrogens with zero attached hydrogens (tertiary/aromatic N) is 1. The highest BCUT2D eigenvalue weighted by Gasteiger charge is 2.11. The van der Waals surface area contributed by atoms with E-state index < -0.39 is 5.97 Å². The number of benzene rings is 1. The maximum absolute atomic E-state index is 10.9. The van der Waals surface area contributed by atoms with Crippen molar-refractivity contribution in [3.63, 3.8) is 0 Å². The largest absolute Gasteiger partial charge is 0.477 e. The van der Waals surface area contributed by atoms with Gasteiger partial charge in [-0.25, -0.2) is 4.79 Å². The molecule has 4 heteroatoms. The van der Waals surface area contributed by atoms with E-state index >= 15 is 0 Å². The van der Waals surface area contributed by atoms with Gasteiger partial charge in [0.2, 0.25) is 0 Å². The Kier molecular flexibility index (Phi) is 2.04. The van der Waals surface area contributed by atoms with Crippen molar-refractivity contribution in [2.75, 3.05) is 0 Å². The van der Waals surface area contributed by atoms with Gasteiger partial charge in [-0.15, -0.1) is 0 Å². The van der Waals surface area contributed by atoms with Crippen LogP contribution in [0.4, 0.5) is 0 Å². The van der Waals surface area contributed by atoms with Crippen LogP contribution in [0.1, 0.15) is 20.8 Å². The molecule has 0 aliphatic heterocycles. The fraction of sp³-hybridized carbons (Fsp3) is 0.0909. The Labute approximate surface area is 85.7 Å². The monoisotopic (exact) mass is 203 g/mol. The van der Waals surface area contributed by atoms with Gasteiger partial charge in [0.15, 0.2) is 0 Å². The summed E-state index contributed by atoms with van der Waals surface area (Å²) in [6, 6.07) is 6.67. The molecule has 1 aromatic heterocycles. The molecule has 0 saturated heterocycles. The Hall–Kier alpha value is -2.10.